The fraction of sp³-hybridized carbons (Fsp3) is 0.600. The average molecular weight is 292 g/mol. The number of nitrogens with zero attached hydrogens (tertiary/aromatic N) is 2. The molecule has 1 heterocycles. The number of anilines is 1. The highest BCUT2D eigenvalue weighted by Crippen LogP contribution is 2.19. The van der Waals surface area contributed by atoms with E-state index in [1.807, 2.05) is 0 Å². The van der Waals surface area contributed by atoms with Crippen LogP contribution in [0.25, 0.3) is 0 Å². The number of esters is 1. The third-order valence-electron chi connectivity index (χ3n) is 2.22. The van der Waals surface area contributed by atoms with Crippen molar-refractivity contribution in [3.8, 4) is 0 Å². The summed E-state index contributed by atoms with van der Waals surface area (Å²) >= 11 is 1.37. The SMILES string of the molecule is COC(=O)Cc1csc(N(C)CCS(C)(=O)=O)n1. The van der Waals surface area contributed by atoms with E-state index >= 15 is 0 Å². The normalized spacial score (nSPS) is 11.3. The van der Waals surface area contributed by atoms with E-state index in [9.17, 15) is 13.2 Å². The first-order valence-electron chi connectivity index (χ1n) is 5.22. The summed E-state index contributed by atoms with van der Waals surface area (Å²) in [6, 6.07) is 0. The summed E-state index contributed by atoms with van der Waals surface area (Å²) in [4.78, 5) is 17.1. The standard InChI is InChI=1S/C10H16N2O4S2/c1-12(4-5-18(3,14)15)10-11-8(7-17-10)6-9(13)16-2/h7H,4-6H2,1-3H3. The first-order valence-corrected chi connectivity index (χ1v) is 8.16. The molecule has 0 radical (unpaired) electrons. The Hall–Kier alpha value is -1.15. The fourth-order valence-electron chi connectivity index (χ4n) is 1.17. The highest BCUT2D eigenvalue weighted by atomic mass is 32.2. The van der Waals surface area contributed by atoms with Crippen LogP contribution in [0, 0.1) is 0 Å². The minimum absolute atomic E-state index is 0.0788. The Bertz CT molecular complexity index is 510. The van der Waals surface area contributed by atoms with Crippen LogP contribution < -0.4 is 4.90 Å². The number of aromatic nitrogens is 1. The van der Waals surface area contributed by atoms with Gasteiger partial charge in [-0.1, -0.05) is 0 Å². The van der Waals surface area contributed by atoms with E-state index in [4.69, 9.17) is 0 Å². The van der Waals surface area contributed by atoms with Crippen LogP contribution in [0.1, 0.15) is 5.69 Å². The molecular weight excluding hydrogens is 276 g/mol. The Kier molecular flexibility index (Phi) is 5.09. The monoisotopic (exact) mass is 292 g/mol. The topological polar surface area (TPSA) is 76.6 Å². The highest BCUT2D eigenvalue weighted by Gasteiger charge is 2.12. The number of rotatable bonds is 6. The molecular formula is C10H16N2O4S2. The summed E-state index contributed by atoms with van der Waals surface area (Å²) in [6.07, 6.45) is 1.33. The van der Waals surface area contributed by atoms with Gasteiger partial charge in [0, 0.05) is 25.2 Å². The number of sulfone groups is 1. The summed E-state index contributed by atoms with van der Waals surface area (Å²) < 4.78 is 26.7. The minimum Gasteiger partial charge on any atom is -0.469 e. The molecule has 0 amide bonds. The summed E-state index contributed by atoms with van der Waals surface area (Å²) in [5.41, 5.74) is 0.632. The number of hydrogen-bond donors (Lipinski definition) is 0. The Labute approximate surface area is 111 Å². The number of carbonyl (C=O) groups excluding carboxylic acids is 1. The van der Waals surface area contributed by atoms with E-state index in [1.54, 1.807) is 17.3 Å². The van der Waals surface area contributed by atoms with E-state index in [1.165, 1.54) is 24.7 Å². The molecule has 0 bridgehead atoms. The number of thiazole rings is 1. The van der Waals surface area contributed by atoms with Gasteiger partial charge in [-0.25, -0.2) is 13.4 Å². The van der Waals surface area contributed by atoms with Crippen LogP contribution in [0.2, 0.25) is 0 Å². The van der Waals surface area contributed by atoms with E-state index in [0.717, 1.165) is 0 Å². The van der Waals surface area contributed by atoms with Crippen molar-refractivity contribution in [3.63, 3.8) is 0 Å². The molecule has 0 unspecified atom stereocenters. The molecule has 1 aromatic rings. The van der Waals surface area contributed by atoms with Gasteiger partial charge >= 0.3 is 5.97 Å². The van der Waals surface area contributed by atoms with E-state index in [-0.39, 0.29) is 18.1 Å². The van der Waals surface area contributed by atoms with Crippen molar-refractivity contribution in [2.24, 2.45) is 0 Å². The minimum atomic E-state index is -2.98. The summed E-state index contributed by atoms with van der Waals surface area (Å²) in [6.45, 7) is 0.379. The van der Waals surface area contributed by atoms with Gasteiger partial charge in [-0.05, 0) is 0 Å². The fourth-order valence-corrected chi connectivity index (χ4v) is 2.60. The maximum atomic E-state index is 11.1. The zero-order chi connectivity index (χ0) is 13.8. The molecule has 0 saturated heterocycles. The van der Waals surface area contributed by atoms with Gasteiger partial charge in [0.25, 0.3) is 0 Å². The van der Waals surface area contributed by atoms with Gasteiger partial charge < -0.3 is 9.64 Å². The molecule has 0 atom stereocenters. The maximum Gasteiger partial charge on any atom is 0.311 e. The molecule has 0 aliphatic carbocycles. The molecule has 1 aromatic heterocycles. The van der Waals surface area contributed by atoms with E-state index in [0.29, 0.717) is 17.4 Å². The van der Waals surface area contributed by atoms with E-state index < -0.39 is 9.84 Å². The largest absolute Gasteiger partial charge is 0.469 e. The van der Waals surface area contributed by atoms with Crippen molar-refractivity contribution in [3.05, 3.63) is 11.1 Å². The molecule has 0 spiro atoms. The average Bonchev–Trinajstić information content (AvgIpc) is 2.73. The molecule has 0 aliphatic heterocycles. The summed E-state index contributed by atoms with van der Waals surface area (Å²) in [5.74, 6) is -0.263. The van der Waals surface area contributed by atoms with Crippen molar-refractivity contribution in [2.75, 3.05) is 37.6 Å². The van der Waals surface area contributed by atoms with Crippen molar-refractivity contribution in [1.82, 2.24) is 4.98 Å². The van der Waals surface area contributed by atoms with Gasteiger partial charge in [-0.15, -0.1) is 11.3 Å². The highest BCUT2D eigenvalue weighted by molar-refractivity contribution is 7.90. The van der Waals surface area contributed by atoms with Crippen molar-refractivity contribution >= 4 is 32.3 Å². The zero-order valence-electron chi connectivity index (χ0n) is 10.5. The quantitative estimate of drug-likeness (QED) is 0.704. The number of methoxy groups -OCH3 is 1. The third-order valence-corrected chi connectivity index (χ3v) is 4.14. The van der Waals surface area contributed by atoms with Gasteiger partial charge in [-0.2, -0.15) is 0 Å². The van der Waals surface area contributed by atoms with Gasteiger partial charge in [0.05, 0.1) is 25.0 Å². The predicted molar refractivity (Wildman–Crippen MR) is 70.8 cm³/mol. The number of hydrogen-bond acceptors (Lipinski definition) is 7. The molecule has 8 heteroatoms. The van der Waals surface area contributed by atoms with Crippen LogP contribution in [0.4, 0.5) is 5.13 Å². The summed E-state index contributed by atoms with van der Waals surface area (Å²) in [5, 5.41) is 2.46. The molecule has 6 nitrogen and oxygen atoms in total. The number of ether oxygens (including phenoxy) is 1. The lowest BCUT2D eigenvalue weighted by Gasteiger charge is -2.14. The second kappa shape index (κ2) is 6.14. The molecule has 0 N–H and O–H groups in total. The predicted octanol–water partition coefficient (Wildman–Crippen LogP) is 0.339. The van der Waals surface area contributed by atoms with Crippen LogP contribution in [-0.2, 0) is 25.8 Å². The third kappa shape index (κ3) is 5.01. The smallest absolute Gasteiger partial charge is 0.311 e. The van der Waals surface area contributed by atoms with Gasteiger partial charge in [0.1, 0.15) is 9.84 Å². The van der Waals surface area contributed by atoms with Crippen molar-refractivity contribution in [2.45, 2.75) is 6.42 Å². The molecule has 0 aromatic carbocycles. The van der Waals surface area contributed by atoms with Gasteiger partial charge in [-0.3, -0.25) is 4.79 Å². The van der Waals surface area contributed by atoms with Crippen molar-refractivity contribution in [1.29, 1.82) is 0 Å². The Balaban J connectivity index is 2.59. The van der Waals surface area contributed by atoms with Crippen LogP contribution >= 0.6 is 11.3 Å². The Morgan fingerprint density at radius 1 is 1.56 bits per heavy atom. The van der Waals surface area contributed by atoms with Crippen LogP contribution in [0.3, 0.4) is 0 Å². The Morgan fingerprint density at radius 2 is 2.22 bits per heavy atom. The maximum absolute atomic E-state index is 11.1. The van der Waals surface area contributed by atoms with E-state index in [2.05, 4.69) is 9.72 Å². The second-order valence-corrected chi connectivity index (χ2v) is 7.02. The van der Waals surface area contributed by atoms with Crippen molar-refractivity contribution < 1.29 is 17.9 Å². The molecule has 0 aliphatic rings. The van der Waals surface area contributed by atoms with Gasteiger partial charge in [0.2, 0.25) is 0 Å². The molecule has 0 fully saturated rings. The first kappa shape index (κ1) is 14.9. The molecule has 0 saturated carbocycles. The first-order chi connectivity index (χ1) is 8.31. The van der Waals surface area contributed by atoms with Crippen LogP contribution in [0.15, 0.2) is 5.38 Å². The molecule has 102 valence electrons. The lowest BCUT2D eigenvalue weighted by atomic mass is 10.3. The number of carbonyl (C=O) groups is 1. The molecule has 18 heavy (non-hydrogen) atoms. The Morgan fingerprint density at radius 3 is 2.78 bits per heavy atom. The summed E-state index contributed by atoms with van der Waals surface area (Å²) in [7, 11) is 0.115. The zero-order valence-corrected chi connectivity index (χ0v) is 12.2. The molecule has 1 rings (SSSR count). The van der Waals surface area contributed by atoms with Crippen LogP contribution in [-0.4, -0.2) is 52.1 Å². The second-order valence-electron chi connectivity index (χ2n) is 3.93. The van der Waals surface area contributed by atoms with Gasteiger partial charge in [0.15, 0.2) is 5.13 Å². The lowest BCUT2D eigenvalue weighted by Crippen LogP contribution is -2.24. The van der Waals surface area contributed by atoms with Crippen LogP contribution in [0.5, 0.6) is 0 Å². The lowest BCUT2D eigenvalue weighted by molar-refractivity contribution is -0.139.